The second kappa shape index (κ2) is 5.54. The summed E-state index contributed by atoms with van der Waals surface area (Å²) in [6, 6.07) is 5.01. The molecular weight excluding hydrogens is 202 g/mol. The number of aromatic hydroxyl groups is 1. The third kappa shape index (κ3) is 2.99. The lowest BCUT2D eigenvalue weighted by Gasteiger charge is -2.15. The molecule has 88 valence electrons. The summed E-state index contributed by atoms with van der Waals surface area (Å²) in [5.74, 6) is 0.128. The van der Waals surface area contributed by atoms with Gasteiger partial charge in [-0.3, -0.25) is 4.79 Å². The van der Waals surface area contributed by atoms with Crippen LogP contribution in [0.2, 0.25) is 0 Å². The first kappa shape index (κ1) is 12.6. The maximum absolute atomic E-state index is 11.9. The summed E-state index contributed by atoms with van der Waals surface area (Å²) in [6.45, 7) is 5.93. The first-order valence-electron chi connectivity index (χ1n) is 5.69. The third-order valence-electron chi connectivity index (χ3n) is 2.78. The second-order valence-electron chi connectivity index (χ2n) is 3.99. The van der Waals surface area contributed by atoms with Crippen LogP contribution in [0.3, 0.4) is 0 Å². The monoisotopic (exact) mass is 221 g/mol. The molecule has 0 saturated carbocycles. The van der Waals surface area contributed by atoms with Gasteiger partial charge >= 0.3 is 0 Å². The molecule has 2 N–H and O–H groups in total. The van der Waals surface area contributed by atoms with Crippen LogP contribution in [0.15, 0.2) is 18.2 Å². The van der Waals surface area contributed by atoms with E-state index in [2.05, 4.69) is 19.2 Å². The summed E-state index contributed by atoms with van der Waals surface area (Å²) in [5.41, 5.74) is 1.42. The first-order valence-corrected chi connectivity index (χ1v) is 5.69. The van der Waals surface area contributed by atoms with Crippen molar-refractivity contribution in [3.8, 4) is 5.75 Å². The molecule has 0 saturated heterocycles. The van der Waals surface area contributed by atoms with Crippen LogP contribution in [-0.4, -0.2) is 17.1 Å². The average Bonchev–Trinajstić information content (AvgIpc) is 2.25. The maximum atomic E-state index is 11.9. The van der Waals surface area contributed by atoms with Crippen LogP contribution in [0.25, 0.3) is 0 Å². The van der Waals surface area contributed by atoms with Crippen LogP contribution < -0.4 is 5.32 Å². The molecule has 0 heterocycles. The standard InChI is InChI=1S/C13H19NO2/c1-4-10(5-2)14-13(16)12-7-6-11(15)8-9(12)3/h6-8,10,15H,4-5H2,1-3H3,(H,14,16). The molecule has 1 aromatic rings. The van der Waals surface area contributed by atoms with Gasteiger partial charge in [0.1, 0.15) is 5.75 Å². The molecule has 0 aliphatic rings. The van der Waals surface area contributed by atoms with E-state index in [0.29, 0.717) is 5.56 Å². The van der Waals surface area contributed by atoms with E-state index in [0.717, 1.165) is 18.4 Å². The number of rotatable bonds is 4. The molecule has 3 nitrogen and oxygen atoms in total. The highest BCUT2D eigenvalue weighted by Gasteiger charge is 2.12. The SMILES string of the molecule is CCC(CC)NC(=O)c1ccc(O)cc1C. The van der Waals surface area contributed by atoms with E-state index in [1.54, 1.807) is 12.1 Å². The number of phenols is 1. The highest BCUT2D eigenvalue weighted by Crippen LogP contribution is 2.15. The Morgan fingerprint density at radius 2 is 2.00 bits per heavy atom. The topological polar surface area (TPSA) is 49.3 Å². The van der Waals surface area contributed by atoms with Crippen molar-refractivity contribution in [2.45, 2.75) is 39.7 Å². The predicted octanol–water partition coefficient (Wildman–Crippen LogP) is 2.62. The molecule has 1 rings (SSSR count). The molecule has 0 atom stereocenters. The van der Waals surface area contributed by atoms with Crippen molar-refractivity contribution in [2.75, 3.05) is 0 Å². The smallest absolute Gasteiger partial charge is 0.251 e. The van der Waals surface area contributed by atoms with Gasteiger partial charge in [-0.25, -0.2) is 0 Å². The van der Waals surface area contributed by atoms with Crippen LogP contribution in [0.1, 0.15) is 42.6 Å². The molecule has 0 fully saturated rings. The molecule has 16 heavy (non-hydrogen) atoms. The van der Waals surface area contributed by atoms with E-state index in [9.17, 15) is 9.90 Å². The van der Waals surface area contributed by atoms with E-state index in [-0.39, 0.29) is 17.7 Å². The van der Waals surface area contributed by atoms with Crippen molar-refractivity contribution in [3.05, 3.63) is 29.3 Å². The van der Waals surface area contributed by atoms with Gasteiger partial charge in [-0.1, -0.05) is 13.8 Å². The van der Waals surface area contributed by atoms with Crippen molar-refractivity contribution < 1.29 is 9.90 Å². The third-order valence-corrected chi connectivity index (χ3v) is 2.78. The van der Waals surface area contributed by atoms with Crippen molar-refractivity contribution in [2.24, 2.45) is 0 Å². The predicted molar refractivity (Wildman–Crippen MR) is 64.7 cm³/mol. The minimum Gasteiger partial charge on any atom is -0.508 e. The summed E-state index contributed by atoms with van der Waals surface area (Å²) in [5, 5.41) is 12.2. The number of phenolic OH excluding ortho intramolecular Hbond substituents is 1. The Kier molecular flexibility index (Phi) is 4.35. The van der Waals surface area contributed by atoms with Crippen molar-refractivity contribution in [3.63, 3.8) is 0 Å². The largest absolute Gasteiger partial charge is 0.508 e. The fourth-order valence-electron chi connectivity index (χ4n) is 1.66. The molecule has 0 radical (unpaired) electrons. The van der Waals surface area contributed by atoms with E-state index in [4.69, 9.17) is 0 Å². The maximum Gasteiger partial charge on any atom is 0.251 e. The summed E-state index contributed by atoms with van der Waals surface area (Å²) in [6.07, 6.45) is 1.86. The quantitative estimate of drug-likeness (QED) is 0.821. The molecule has 0 bridgehead atoms. The molecule has 0 spiro atoms. The Balaban J connectivity index is 2.80. The van der Waals surface area contributed by atoms with Gasteiger partial charge in [0.2, 0.25) is 0 Å². The molecule has 0 aliphatic carbocycles. The summed E-state index contributed by atoms with van der Waals surface area (Å²) in [4.78, 5) is 11.9. The fourth-order valence-corrected chi connectivity index (χ4v) is 1.66. The number of amides is 1. The number of aryl methyl sites for hydroxylation is 1. The molecule has 0 unspecified atom stereocenters. The number of carbonyl (C=O) groups is 1. The highest BCUT2D eigenvalue weighted by molar-refractivity contribution is 5.95. The van der Waals surface area contributed by atoms with Crippen LogP contribution in [-0.2, 0) is 0 Å². The van der Waals surface area contributed by atoms with Crippen LogP contribution in [0, 0.1) is 6.92 Å². The van der Waals surface area contributed by atoms with Crippen LogP contribution in [0.4, 0.5) is 0 Å². The summed E-state index contributed by atoms with van der Waals surface area (Å²) < 4.78 is 0. The molecule has 1 aromatic carbocycles. The number of hydrogen-bond donors (Lipinski definition) is 2. The molecular formula is C13H19NO2. The summed E-state index contributed by atoms with van der Waals surface area (Å²) in [7, 11) is 0. The lowest BCUT2D eigenvalue weighted by atomic mass is 10.1. The van der Waals surface area contributed by atoms with Crippen molar-refractivity contribution in [1.82, 2.24) is 5.32 Å². The molecule has 0 aliphatic heterocycles. The number of nitrogens with one attached hydrogen (secondary N) is 1. The van der Waals surface area contributed by atoms with Gasteiger partial charge in [-0.2, -0.15) is 0 Å². The zero-order chi connectivity index (χ0) is 12.1. The average molecular weight is 221 g/mol. The van der Waals surface area contributed by atoms with E-state index >= 15 is 0 Å². The van der Waals surface area contributed by atoms with Gasteiger partial charge in [-0.15, -0.1) is 0 Å². The first-order chi connectivity index (χ1) is 7.58. The van der Waals surface area contributed by atoms with E-state index in [1.165, 1.54) is 6.07 Å². The zero-order valence-corrected chi connectivity index (χ0v) is 10.1. The van der Waals surface area contributed by atoms with Gasteiger partial charge < -0.3 is 10.4 Å². The minimum atomic E-state index is -0.0637. The Bertz CT molecular complexity index is 370. The van der Waals surface area contributed by atoms with Crippen LogP contribution in [0.5, 0.6) is 5.75 Å². The lowest BCUT2D eigenvalue weighted by molar-refractivity contribution is 0.0934. The number of hydrogen-bond acceptors (Lipinski definition) is 2. The van der Waals surface area contributed by atoms with Gasteiger partial charge in [0.15, 0.2) is 0 Å². The summed E-state index contributed by atoms with van der Waals surface area (Å²) >= 11 is 0. The van der Waals surface area contributed by atoms with Gasteiger partial charge in [-0.05, 0) is 43.5 Å². The number of carbonyl (C=O) groups excluding carboxylic acids is 1. The molecule has 3 heteroatoms. The molecule has 1 amide bonds. The number of benzene rings is 1. The van der Waals surface area contributed by atoms with Gasteiger partial charge in [0, 0.05) is 11.6 Å². The Hall–Kier alpha value is -1.51. The Morgan fingerprint density at radius 1 is 1.38 bits per heavy atom. The molecule has 0 aromatic heterocycles. The lowest BCUT2D eigenvalue weighted by Crippen LogP contribution is -2.34. The highest BCUT2D eigenvalue weighted by atomic mass is 16.3. The van der Waals surface area contributed by atoms with Gasteiger partial charge in [0.25, 0.3) is 5.91 Å². The normalized spacial score (nSPS) is 10.5. The Labute approximate surface area is 96.5 Å². The van der Waals surface area contributed by atoms with E-state index in [1.807, 2.05) is 6.92 Å². The fraction of sp³-hybridized carbons (Fsp3) is 0.462. The van der Waals surface area contributed by atoms with E-state index < -0.39 is 0 Å². The minimum absolute atomic E-state index is 0.0637. The van der Waals surface area contributed by atoms with Crippen LogP contribution >= 0.6 is 0 Å². The van der Waals surface area contributed by atoms with Gasteiger partial charge in [0.05, 0.1) is 0 Å². The Morgan fingerprint density at radius 3 is 2.50 bits per heavy atom. The van der Waals surface area contributed by atoms with Crippen molar-refractivity contribution in [1.29, 1.82) is 0 Å². The second-order valence-corrected chi connectivity index (χ2v) is 3.99. The van der Waals surface area contributed by atoms with Crippen molar-refractivity contribution >= 4 is 5.91 Å². The zero-order valence-electron chi connectivity index (χ0n) is 10.1.